The Balaban J connectivity index is 4.82. The molecule has 0 saturated carbocycles. The summed E-state index contributed by atoms with van der Waals surface area (Å²) in [5.74, 6) is -1.54. The molecule has 3 unspecified atom stereocenters. The number of ether oxygens (including phenoxy) is 3. The van der Waals surface area contributed by atoms with Gasteiger partial charge in [-0.25, -0.2) is 4.57 Å². The first kappa shape index (κ1) is 68.4. The number of unbranched alkanes of at least 4 members (excludes halogenated alkanes) is 18. The number of carbonyl (C=O) groups is 3. The van der Waals surface area contributed by atoms with Crippen LogP contribution in [0.5, 0.6) is 0 Å². The van der Waals surface area contributed by atoms with E-state index in [0.29, 0.717) is 19.3 Å². The SMILES string of the molecule is CC/C=C\C/C=C\C/C=C\C/C=C\CCCCCCC(=O)OCC(COP(=O)(O)OCC(CO)OC(=O)CCCCC/C=C\C/C=C\C/C=C\CC)OC(=O)CCCCCCC/C=C\CCCCCCCC. The zero-order valence-electron chi connectivity index (χ0n) is 45.4. The van der Waals surface area contributed by atoms with Gasteiger partial charge in [0.05, 0.1) is 19.8 Å². The predicted octanol–water partition coefficient (Wildman–Crippen LogP) is 16.5. The van der Waals surface area contributed by atoms with Crippen molar-refractivity contribution in [3.8, 4) is 0 Å². The van der Waals surface area contributed by atoms with E-state index in [0.717, 1.165) is 128 Å². The molecule has 12 heteroatoms. The van der Waals surface area contributed by atoms with Crippen LogP contribution in [0.2, 0.25) is 0 Å². The van der Waals surface area contributed by atoms with Crippen molar-refractivity contribution in [3.05, 3.63) is 97.2 Å². The van der Waals surface area contributed by atoms with Crippen LogP contribution in [0, 0.1) is 0 Å². The first-order valence-electron chi connectivity index (χ1n) is 28.1. The van der Waals surface area contributed by atoms with Crippen LogP contribution in [-0.2, 0) is 42.2 Å². The molecule has 0 radical (unpaired) electrons. The molecule has 0 bridgehead atoms. The summed E-state index contributed by atoms with van der Waals surface area (Å²) in [6, 6.07) is 0. The molecule has 0 heterocycles. The van der Waals surface area contributed by atoms with Crippen LogP contribution in [0.3, 0.4) is 0 Å². The molecule has 412 valence electrons. The van der Waals surface area contributed by atoms with Gasteiger partial charge >= 0.3 is 25.7 Å². The van der Waals surface area contributed by atoms with Crippen molar-refractivity contribution in [3.63, 3.8) is 0 Å². The number of aliphatic hydroxyl groups is 1. The average molecular weight is 1030 g/mol. The topological polar surface area (TPSA) is 155 Å². The fourth-order valence-corrected chi connectivity index (χ4v) is 8.02. The molecule has 0 aromatic carbocycles. The minimum absolute atomic E-state index is 0.136. The Bertz CT molecular complexity index is 1580. The van der Waals surface area contributed by atoms with Gasteiger partial charge in [0.25, 0.3) is 0 Å². The normalized spacial score (nSPS) is 14.1. The summed E-state index contributed by atoms with van der Waals surface area (Å²) in [6.07, 6.45) is 62.3. The van der Waals surface area contributed by atoms with Gasteiger partial charge in [0.15, 0.2) is 6.10 Å². The molecule has 3 atom stereocenters. The number of aliphatic hydroxyl groups excluding tert-OH is 1. The summed E-state index contributed by atoms with van der Waals surface area (Å²) in [7, 11) is -4.77. The number of rotatable bonds is 51. The largest absolute Gasteiger partial charge is 0.472 e. The molecule has 0 saturated heterocycles. The van der Waals surface area contributed by atoms with Crippen molar-refractivity contribution in [1.29, 1.82) is 0 Å². The second kappa shape index (κ2) is 53.7. The van der Waals surface area contributed by atoms with Gasteiger partial charge in [-0.3, -0.25) is 23.4 Å². The highest BCUT2D eigenvalue weighted by molar-refractivity contribution is 7.47. The lowest BCUT2D eigenvalue weighted by Crippen LogP contribution is -2.30. The Kier molecular flexibility index (Phi) is 51.0. The zero-order valence-corrected chi connectivity index (χ0v) is 46.3. The van der Waals surface area contributed by atoms with E-state index in [-0.39, 0.29) is 25.9 Å². The quantitative estimate of drug-likeness (QED) is 0.0197. The van der Waals surface area contributed by atoms with Crippen LogP contribution in [0.25, 0.3) is 0 Å². The van der Waals surface area contributed by atoms with E-state index in [2.05, 4.69) is 118 Å². The van der Waals surface area contributed by atoms with E-state index < -0.39 is 57.8 Å². The lowest BCUT2D eigenvalue weighted by molar-refractivity contribution is -0.161. The fourth-order valence-electron chi connectivity index (χ4n) is 7.24. The summed E-state index contributed by atoms with van der Waals surface area (Å²) >= 11 is 0. The highest BCUT2D eigenvalue weighted by Crippen LogP contribution is 2.43. The predicted molar refractivity (Wildman–Crippen MR) is 297 cm³/mol. The van der Waals surface area contributed by atoms with Gasteiger partial charge in [-0.15, -0.1) is 0 Å². The lowest BCUT2D eigenvalue weighted by atomic mass is 10.1. The molecule has 0 aliphatic heterocycles. The van der Waals surface area contributed by atoms with Crippen LogP contribution in [0.1, 0.15) is 226 Å². The van der Waals surface area contributed by atoms with Crippen LogP contribution in [0.4, 0.5) is 0 Å². The number of phosphoric acid groups is 1. The van der Waals surface area contributed by atoms with E-state index in [4.69, 9.17) is 23.3 Å². The first-order chi connectivity index (χ1) is 35.2. The number of phosphoric ester groups is 1. The maximum atomic E-state index is 12.9. The summed E-state index contributed by atoms with van der Waals surface area (Å²) < 4.78 is 39.4. The number of esters is 3. The van der Waals surface area contributed by atoms with E-state index in [1.807, 2.05) is 0 Å². The second-order valence-corrected chi connectivity index (χ2v) is 19.8. The van der Waals surface area contributed by atoms with Crippen LogP contribution in [0.15, 0.2) is 97.2 Å². The smallest absolute Gasteiger partial charge is 0.462 e. The van der Waals surface area contributed by atoms with Crippen molar-refractivity contribution in [2.24, 2.45) is 0 Å². The van der Waals surface area contributed by atoms with Gasteiger partial charge in [-0.2, -0.15) is 0 Å². The van der Waals surface area contributed by atoms with Crippen molar-refractivity contribution < 1.29 is 52.2 Å². The summed E-state index contributed by atoms with van der Waals surface area (Å²) in [4.78, 5) is 48.5. The highest BCUT2D eigenvalue weighted by Gasteiger charge is 2.28. The third-order valence-electron chi connectivity index (χ3n) is 11.5. The van der Waals surface area contributed by atoms with Crippen LogP contribution in [-0.4, -0.2) is 66.5 Å². The number of carbonyl (C=O) groups excluding carboxylic acids is 3. The Morgan fingerprint density at radius 2 is 0.722 bits per heavy atom. The Labute approximate surface area is 438 Å². The molecule has 72 heavy (non-hydrogen) atoms. The maximum absolute atomic E-state index is 12.9. The first-order valence-corrected chi connectivity index (χ1v) is 29.6. The van der Waals surface area contributed by atoms with Gasteiger partial charge in [0.2, 0.25) is 0 Å². The molecular weight excluding hydrogens is 928 g/mol. The fraction of sp³-hybridized carbons (Fsp3) is 0.683. The second-order valence-electron chi connectivity index (χ2n) is 18.3. The summed E-state index contributed by atoms with van der Waals surface area (Å²) in [5, 5.41) is 9.79. The third kappa shape index (κ3) is 51.3. The zero-order chi connectivity index (χ0) is 52.7. The Morgan fingerprint density at radius 3 is 1.14 bits per heavy atom. The number of hydrogen-bond donors (Lipinski definition) is 2. The van der Waals surface area contributed by atoms with E-state index in [9.17, 15) is 28.9 Å². The van der Waals surface area contributed by atoms with Crippen molar-refractivity contribution >= 4 is 25.7 Å². The van der Waals surface area contributed by atoms with Gasteiger partial charge < -0.3 is 24.2 Å². The van der Waals surface area contributed by atoms with Gasteiger partial charge in [0.1, 0.15) is 12.7 Å². The molecule has 0 aromatic rings. The minimum Gasteiger partial charge on any atom is -0.462 e. The molecule has 11 nitrogen and oxygen atoms in total. The van der Waals surface area contributed by atoms with Crippen LogP contribution < -0.4 is 0 Å². The van der Waals surface area contributed by atoms with Gasteiger partial charge in [0, 0.05) is 19.3 Å². The number of allylic oxidation sites excluding steroid dienone is 16. The molecule has 0 aliphatic carbocycles. The molecule has 2 N–H and O–H groups in total. The van der Waals surface area contributed by atoms with E-state index in [1.54, 1.807) is 0 Å². The monoisotopic (exact) mass is 1030 g/mol. The molecule has 0 aliphatic rings. The van der Waals surface area contributed by atoms with E-state index in [1.165, 1.54) is 38.5 Å². The molecule has 0 rings (SSSR count). The number of hydrogen-bond acceptors (Lipinski definition) is 10. The minimum atomic E-state index is -4.77. The van der Waals surface area contributed by atoms with Gasteiger partial charge in [-0.1, -0.05) is 189 Å². The maximum Gasteiger partial charge on any atom is 0.472 e. The summed E-state index contributed by atoms with van der Waals surface area (Å²) in [6.45, 7) is 4.33. The average Bonchev–Trinajstić information content (AvgIpc) is 3.37. The standard InChI is InChI=1S/C60H101O11P/c1-4-7-10-13-16-19-22-25-27-28-30-32-34-37-40-43-46-49-58(62)67-53-57(71-60(64)51-48-45-42-39-36-33-29-26-23-20-17-14-11-8-5-2)55-69-72(65,66)68-54-56(52-61)70-59(63)50-47-44-41-38-35-31-24-21-18-15-12-9-6-3/h7,9-10,12,16,18-19,21,25-27,29-32,35,56-57,61H,4-6,8,11,13-15,17,20,22-24,28,33-34,36-55H2,1-3H3,(H,65,66)/b10-7-,12-9-,19-16-,21-18-,27-25-,29-26-,32-30-,35-31-. The van der Waals surface area contributed by atoms with E-state index >= 15 is 0 Å². The molecule has 0 fully saturated rings. The Morgan fingerprint density at radius 1 is 0.403 bits per heavy atom. The highest BCUT2D eigenvalue weighted by atomic mass is 31.2. The molecule has 0 spiro atoms. The third-order valence-corrected chi connectivity index (χ3v) is 12.4. The van der Waals surface area contributed by atoms with Crippen molar-refractivity contribution in [1.82, 2.24) is 0 Å². The summed E-state index contributed by atoms with van der Waals surface area (Å²) in [5.41, 5.74) is 0. The molecular formula is C60H101O11P. The van der Waals surface area contributed by atoms with Gasteiger partial charge in [-0.05, 0) is 116 Å². The molecule has 0 amide bonds. The van der Waals surface area contributed by atoms with Crippen molar-refractivity contribution in [2.45, 2.75) is 238 Å². The van der Waals surface area contributed by atoms with Crippen molar-refractivity contribution in [2.75, 3.05) is 26.4 Å². The lowest BCUT2D eigenvalue weighted by Gasteiger charge is -2.21. The van der Waals surface area contributed by atoms with Crippen LogP contribution >= 0.6 is 7.82 Å². The molecule has 0 aromatic heterocycles. The Hall–Kier alpha value is -3.60.